The lowest BCUT2D eigenvalue weighted by Gasteiger charge is -2.30. The first kappa shape index (κ1) is 25.8. The van der Waals surface area contributed by atoms with Gasteiger partial charge in [0.1, 0.15) is 11.8 Å². The molecule has 0 aromatic heterocycles. The maximum absolute atomic E-state index is 13.1. The van der Waals surface area contributed by atoms with Gasteiger partial charge in [0.15, 0.2) is 0 Å². The topological polar surface area (TPSA) is 105 Å². The summed E-state index contributed by atoms with van der Waals surface area (Å²) in [5.74, 6) is -1.05. The van der Waals surface area contributed by atoms with E-state index in [9.17, 15) is 19.5 Å². The maximum atomic E-state index is 13.1. The van der Waals surface area contributed by atoms with E-state index in [1.165, 1.54) is 0 Å². The molecule has 0 aliphatic heterocycles. The minimum absolute atomic E-state index is 0.0160. The van der Waals surface area contributed by atoms with Gasteiger partial charge in [-0.15, -0.1) is 0 Å². The van der Waals surface area contributed by atoms with E-state index in [4.69, 9.17) is 4.74 Å². The Morgan fingerprint density at radius 2 is 1.62 bits per heavy atom. The van der Waals surface area contributed by atoms with Crippen molar-refractivity contribution in [2.24, 2.45) is 23.7 Å². The van der Waals surface area contributed by atoms with Crippen molar-refractivity contribution < 1.29 is 24.2 Å². The van der Waals surface area contributed by atoms with E-state index in [0.29, 0.717) is 6.42 Å². The van der Waals surface area contributed by atoms with E-state index < -0.39 is 30.2 Å². The van der Waals surface area contributed by atoms with Crippen LogP contribution in [0, 0.1) is 23.7 Å². The molecule has 3 N–H and O–H groups in total. The van der Waals surface area contributed by atoms with Crippen molar-refractivity contribution in [1.29, 1.82) is 0 Å². The van der Waals surface area contributed by atoms with Gasteiger partial charge in [0, 0.05) is 0 Å². The highest BCUT2D eigenvalue weighted by molar-refractivity contribution is 6.05. The molecule has 0 saturated heterocycles. The first-order chi connectivity index (χ1) is 15.0. The summed E-state index contributed by atoms with van der Waals surface area (Å²) in [5, 5.41) is 16.6. The van der Waals surface area contributed by atoms with Gasteiger partial charge >= 0.3 is 6.09 Å². The molecule has 1 aromatic rings. The number of rotatable bonds is 11. The van der Waals surface area contributed by atoms with Gasteiger partial charge < -0.3 is 20.5 Å². The Bertz CT molecular complexity index is 778. The van der Waals surface area contributed by atoms with Crippen molar-refractivity contribution in [3.8, 4) is 0 Å². The van der Waals surface area contributed by atoms with Gasteiger partial charge in [-0.2, -0.15) is 0 Å². The van der Waals surface area contributed by atoms with Gasteiger partial charge in [0.25, 0.3) is 0 Å². The van der Waals surface area contributed by atoms with E-state index in [2.05, 4.69) is 10.6 Å². The predicted octanol–water partition coefficient (Wildman–Crippen LogP) is 3.27. The summed E-state index contributed by atoms with van der Waals surface area (Å²) in [7, 11) is 0. The van der Waals surface area contributed by atoms with E-state index >= 15 is 0 Å². The van der Waals surface area contributed by atoms with Gasteiger partial charge in [-0.1, -0.05) is 71.9 Å². The zero-order valence-corrected chi connectivity index (χ0v) is 20.0. The quantitative estimate of drug-likeness (QED) is 0.484. The number of Topliss-reactive ketones (excluding diaryl/α,β-unsaturated/α-hetero) is 1. The van der Waals surface area contributed by atoms with E-state index in [0.717, 1.165) is 5.56 Å². The number of ether oxygens (including phenoxy) is 1. The lowest BCUT2D eigenvalue weighted by Crippen LogP contribution is -2.55. The molecule has 5 atom stereocenters. The average molecular weight is 447 g/mol. The SMILES string of the molecule is CC(C)COC(=O)N[C@@H](CC(C)C)C(=O)N[C@@H](C(C)C)[C@H](O)C1C(=O)C1c1ccccc1. The Morgan fingerprint density at radius 3 is 2.16 bits per heavy atom. The molecule has 0 heterocycles. The molecule has 1 aliphatic rings. The number of aliphatic hydroxyl groups is 1. The summed E-state index contributed by atoms with van der Waals surface area (Å²) in [6.45, 7) is 11.8. The second kappa shape index (κ2) is 11.5. The fourth-order valence-corrected chi connectivity index (χ4v) is 3.92. The van der Waals surface area contributed by atoms with Crippen molar-refractivity contribution >= 4 is 17.8 Å². The average Bonchev–Trinajstić information content (AvgIpc) is 3.40. The highest BCUT2D eigenvalue weighted by Gasteiger charge is 2.56. The summed E-state index contributed by atoms with van der Waals surface area (Å²) in [4.78, 5) is 37.7. The number of nitrogens with one attached hydrogen (secondary N) is 2. The van der Waals surface area contributed by atoms with Crippen molar-refractivity contribution in [3.63, 3.8) is 0 Å². The molecule has 2 rings (SSSR count). The Balaban J connectivity index is 2.07. The van der Waals surface area contributed by atoms with Crippen LogP contribution in [0.25, 0.3) is 0 Å². The van der Waals surface area contributed by atoms with Crippen LogP contribution in [-0.4, -0.2) is 47.7 Å². The number of ketones is 1. The molecular formula is C25H38N2O5. The van der Waals surface area contributed by atoms with Crippen LogP contribution < -0.4 is 10.6 Å². The number of hydrogen-bond donors (Lipinski definition) is 3. The van der Waals surface area contributed by atoms with Crippen LogP contribution in [0.5, 0.6) is 0 Å². The number of benzene rings is 1. The van der Waals surface area contributed by atoms with E-state index in [-0.39, 0.29) is 42.0 Å². The first-order valence-corrected chi connectivity index (χ1v) is 11.5. The largest absolute Gasteiger partial charge is 0.449 e. The third-order valence-electron chi connectivity index (χ3n) is 5.67. The predicted molar refractivity (Wildman–Crippen MR) is 123 cm³/mol. The molecule has 7 nitrogen and oxygen atoms in total. The fourth-order valence-electron chi connectivity index (χ4n) is 3.92. The van der Waals surface area contributed by atoms with Gasteiger partial charge in [0.05, 0.1) is 30.6 Å². The van der Waals surface area contributed by atoms with Gasteiger partial charge in [-0.3, -0.25) is 9.59 Å². The summed E-state index contributed by atoms with van der Waals surface area (Å²) < 4.78 is 5.17. The fraction of sp³-hybridized carbons (Fsp3) is 0.640. The highest BCUT2D eigenvalue weighted by Crippen LogP contribution is 2.46. The lowest BCUT2D eigenvalue weighted by atomic mass is 9.92. The van der Waals surface area contributed by atoms with E-state index in [1.54, 1.807) is 0 Å². The Kier molecular flexibility index (Phi) is 9.25. The Morgan fingerprint density at radius 1 is 1.00 bits per heavy atom. The van der Waals surface area contributed by atoms with Crippen molar-refractivity contribution in [2.75, 3.05) is 6.61 Å². The summed E-state index contributed by atoms with van der Waals surface area (Å²) >= 11 is 0. The molecule has 0 radical (unpaired) electrons. The van der Waals surface area contributed by atoms with Gasteiger partial charge in [0.2, 0.25) is 5.91 Å². The number of carbonyl (C=O) groups excluding carboxylic acids is 3. The number of amides is 2. The molecule has 0 spiro atoms. The highest BCUT2D eigenvalue weighted by atomic mass is 16.5. The normalized spacial score (nSPS) is 20.8. The first-order valence-electron chi connectivity index (χ1n) is 11.5. The van der Waals surface area contributed by atoms with Crippen LogP contribution in [0.2, 0.25) is 0 Å². The maximum Gasteiger partial charge on any atom is 0.407 e. The number of hydrogen-bond acceptors (Lipinski definition) is 5. The molecule has 7 heteroatoms. The number of alkyl carbamates (subject to hydrolysis) is 1. The molecule has 178 valence electrons. The molecule has 1 aliphatic carbocycles. The van der Waals surface area contributed by atoms with Crippen LogP contribution in [0.4, 0.5) is 4.79 Å². The third kappa shape index (κ3) is 7.05. The minimum atomic E-state index is -1.01. The number of carbonyl (C=O) groups is 3. The molecule has 0 bridgehead atoms. The van der Waals surface area contributed by atoms with Crippen LogP contribution in [0.15, 0.2) is 30.3 Å². The van der Waals surface area contributed by atoms with Crippen LogP contribution in [-0.2, 0) is 14.3 Å². The Labute approximate surface area is 191 Å². The van der Waals surface area contributed by atoms with Crippen molar-refractivity contribution in [1.82, 2.24) is 10.6 Å². The monoisotopic (exact) mass is 446 g/mol. The summed E-state index contributed by atoms with van der Waals surface area (Å²) in [6.07, 6.45) is -1.22. The lowest BCUT2D eigenvalue weighted by molar-refractivity contribution is -0.126. The summed E-state index contributed by atoms with van der Waals surface area (Å²) in [6, 6.07) is 7.97. The molecule has 1 aromatic carbocycles. The standard InChI is InChI=1S/C25H38N2O5/c1-14(2)12-18(26-25(31)32-13-15(3)4)24(30)27-21(16(5)6)23(29)20-19(22(20)28)17-10-8-7-9-11-17/h7-11,14-16,18-21,23,29H,12-13H2,1-6H3,(H,26,31)(H,27,30)/t18-,19?,20?,21-,23+/m0/s1. The molecule has 32 heavy (non-hydrogen) atoms. The molecule has 2 amide bonds. The van der Waals surface area contributed by atoms with Crippen LogP contribution >= 0.6 is 0 Å². The second-order valence-corrected chi connectivity index (χ2v) is 9.90. The smallest absolute Gasteiger partial charge is 0.407 e. The van der Waals surface area contributed by atoms with Crippen LogP contribution in [0.3, 0.4) is 0 Å². The molecular weight excluding hydrogens is 408 g/mol. The van der Waals surface area contributed by atoms with Gasteiger partial charge in [-0.05, 0) is 29.7 Å². The zero-order valence-electron chi connectivity index (χ0n) is 20.0. The van der Waals surface area contributed by atoms with Crippen molar-refractivity contribution in [3.05, 3.63) is 35.9 Å². The van der Waals surface area contributed by atoms with Crippen LogP contribution in [0.1, 0.15) is 59.4 Å². The third-order valence-corrected chi connectivity index (χ3v) is 5.67. The van der Waals surface area contributed by atoms with Crippen molar-refractivity contribution in [2.45, 2.75) is 72.1 Å². The second-order valence-electron chi connectivity index (χ2n) is 9.90. The molecule has 2 unspecified atom stereocenters. The minimum Gasteiger partial charge on any atom is -0.449 e. The zero-order chi connectivity index (χ0) is 24.0. The Hall–Kier alpha value is -2.41. The molecule has 1 fully saturated rings. The molecule has 1 saturated carbocycles. The number of aliphatic hydroxyl groups excluding tert-OH is 1. The van der Waals surface area contributed by atoms with Gasteiger partial charge in [-0.25, -0.2) is 4.79 Å². The summed E-state index contributed by atoms with van der Waals surface area (Å²) in [5.41, 5.74) is 0.877. The van der Waals surface area contributed by atoms with E-state index in [1.807, 2.05) is 71.9 Å².